The van der Waals surface area contributed by atoms with Crippen LogP contribution in [-0.4, -0.2) is 22.5 Å². The van der Waals surface area contributed by atoms with Gasteiger partial charge in [-0.05, 0) is 32.9 Å². The van der Waals surface area contributed by atoms with Gasteiger partial charge in [-0.15, -0.1) is 0 Å². The lowest BCUT2D eigenvalue weighted by atomic mass is 10.1. The standard InChI is InChI=1S/C13H17N5OS/c1-13(2,3)18-11(19)16-10(14)17-12-15-8-6-4-5-7-9(8)20-12/h4-7H,1-3H3,(H4,14,15,16,17,18,19). The summed E-state index contributed by atoms with van der Waals surface area (Å²) in [4.78, 5) is 20.0. The zero-order valence-corrected chi connectivity index (χ0v) is 12.4. The van der Waals surface area contributed by atoms with Gasteiger partial charge in [-0.1, -0.05) is 23.5 Å². The summed E-state index contributed by atoms with van der Waals surface area (Å²) in [5, 5.41) is 5.72. The van der Waals surface area contributed by atoms with Crippen molar-refractivity contribution < 1.29 is 4.79 Å². The first-order valence-corrected chi connectivity index (χ1v) is 6.94. The number of benzene rings is 1. The Morgan fingerprint density at radius 1 is 1.35 bits per heavy atom. The van der Waals surface area contributed by atoms with Crippen molar-refractivity contribution in [2.45, 2.75) is 26.3 Å². The molecule has 0 fully saturated rings. The molecule has 0 saturated heterocycles. The van der Waals surface area contributed by atoms with E-state index in [9.17, 15) is 4.79 Å². The number of aromatic nitrogens is 1. The number of hydrogen-bond donors (Lipinski definition) is 3. The number of nitrogens with one attached hydrogen (secondary N) is 2. The molecule has 0 radical (unpaired) electrons. The lowest BCUT2D eigenvalue weighted by molar-refractivity contribution is 0.236. The number of carbonyl (C=O) groups is 1. The monoisotopic (exact) mass is 291 g/mol. The summed E-state index contributed by atoms with van der Waals surface area (Å²) in [6.45, 7) is 5.65. The molecule has 0 atom stereocenters. The number of para-hydroxylation sites is 1. The minimum Gasteiger partial charge on any atom is -0.369 e. The lowest BCUT2D eigenvalue weighted by Crippen LogP contribution is -2.50. The number of nitrogens with two attached hydrogens (primary N) is 1. The van der Waals surface area contributed by atoms with E-state index in [0.29, 0.717) is 5.13 Å². The molecule has 0 bridgehead atoms. The van der Waals surface area contributed by atoms with Crippen LogP contribution in [0.5, 0.6) is 0 Å². The van der Waals surface area contributed by atoms with Crippen molar-refractivity contribution in [1.29, 1.82) is 0 Å². The Hall–Kier alpha value is -2.15. The Morgan fingerprint density at radius 3 is 2.70 bits per heavy atom. The fourth-order valence-electron chi connectivity index (χ4n) is 1.53. The van der Waals surface area contributed by atoms with Crippen LogP contribution in [0.3, 0.4) is 0 Å². The molecule has 0 saturated carbocycles. The Bertz CT molecular complexity index is 623. The van der Waals surface area contributed by atoms with Crippen molar-refractivity contribution in [2.24, 2.45) is 10.7 Å². The van der Waals surface area contributed by atoms with Crippen LogP contribution in [0.15, 0.2) is 29.3 Å². The van der Waals surface area contributed by atoms with Crippen molar-refractivity contribution in [1.82, 2.24) is 15.6 Å². The second kappa shape index (κ2) is 5.46. The Morgan fingerprint density at radius 2 is 2.05 bits per heavy atom. The van der Waals surface area contributed by atoms with E-state index in [-0.39, 0.29) is 17.5 Å². The quantitative estimate of drug-likeness (QED) is 0.556. The van der Waals surface area contributed by atoms with Gasteiger partial charge >= 0.3 is 6.03 Å². The van der Waals surface area contributed by atoms with Gasteiger partial charge in [-0.2, -0.15) is 4.99 Å². The molecule has 20 heavy (non-hydrogen) atoms. The molecule has 0 aliphatic carbocycles. The van der Waals surface area contributed by atoms with Crippen LogP contribution in [0.2, 0.25) is 0 Å². The van der Waals surface area contributed by atoms with Crippen LogP contribution in [0, 0.1) is 0 Å². The molecule has 6 nitrogen and oxygen atoms in total. The van der Waals surface area contributed by atoms with Crippen molar-refractivity contribution in [3.63, 3.8) is 0 Å². The van der Waals surface area contributed by atoms with Gasteiger partial charge in [0.1, 0.15) is 0 Å². The van der Waals surface area contributed by atoms with Crippen LogP contribution < -0.4 is 16.4 Å². The predicted molar refractivity (Wildman–Crippen MR) is 82.3 cm³/mol. The minimum atomic E-state index is -0.389. The molecule has 0 spiro atoms. The maximum atomic E-state index is 11.6. The molecule has 1 aromatic carbocycles. The molecule has 7 heteroatoms. The lowest BCUT2D eigenvalue weighted by Gasteiger charge is -2.20. The number of hydrogen-bond acceptors (Lipinski definition) is 4. The van der Waals surface area contributed by atoms with Gasteiger partial charge in [0.15, 0.2) is 0 Å². The average Bonchev–Trinajstić information content (AvgIpc) is 2.67. The third-order valence-electron chi connectivity index (χ3n) is 2.23. The number of carbonyl (C=O) groups excluding carboxylic acids is 1. The van der Waals surface area contributed by atoms with Crippen LogP contribution in [-0.2, 0) is 0 Å². The molecule has 106 valence electrons. The molecular weight excluding hydrogens is 274 g/mol. The molecule has 0 aliphatic heterocycles. The molecule has 0 unspecified atom stereocenters. The fourth-order valence-corrected chi connectivity index (χ4v) is 2.38. The van der Waals surface area contributed by atoms with Crippen molar-refractivity contribution in [3.05, 3.63) is 24.3 Å². The first-order chi connectivity index (χ1) is 9.33. The van der Waals surface area contributed by atoms with E-state index in [1.54, 1.807) is 0 Å². The summed E-state index contributed by atoms with van der Waals surface area (Å²) >= 11 is 1.42. The number of nitrogens with zero attached hydrogens (tertiary/aromatic N) is 2. The Kier molecular flexibility index (Phi) is 3.89. The molecule has 4 N–H and O–H groups in total. The van der Waals surface area contributed by atoms with E-state index in [2.05, 4.69) is 20.6 Å². The molecule has 2 aromatic rings. The maximum absolute atomic E-state index is 11.6. The summed E-state index contributed by atoms with van der Waals surface area (Å²) in [7, 11) is 0. The molecule has 0 aliphatic rings. The van der Waals surface area contributed by atoms with Crippen LogP contribution >= 0.6 is 11.3 Å². The predicted octanol–water partition coefficient (Wildman–Crippen LogP) is 2.34. The SMILES string of the molecule is CC(C)(C)NC(=O)N/C(N)=N/c1nc2ccccc2s1. The van der Waals surface area contributed by atoms with E-state index in [4.69, 9.17) is 5.73 Å². The van der Waals surface area contributed by atoms with Gasteiger partial charge in [-0.25, -0.2) is 9.78 Å². The summed E-state index contributed by atoms with van der Waals surface area (Å²) in [6, 6.07) is 7.32. The van der Waals surface area contributed by atoms with E-state index in [0.717, 1.165) is 10.2 Å². The highest BCUT2D eigenvalue weighted by atomic mass is 32.1. The fraction of sp³-hybridized carbons (Fsp3) is 0.308. The van der Waals surface area contributed by atoms with E-state index in [1.807, 2.05) is 45.0 Å². The number of aliphatic imine (C=N–C) groups is 1. The molecular formula is C13H17N5OS. The van der Waals surface area contributed by atoms with E-state index < -0.39 is 0 Å². The summed E-state index contributed by atoms with van der Waals surface area (Å²) in [5.41, 5.74) is 6.22. The van der Waals surface area contributed by atoms with Gasteiger partial charge in [0.25, 0.3) is 0 Å². The zero-order chi connectivity index (χ0) is 14.8. The van der Waals surface area contributed by atoms with Crippen LogP contribution in [0.4, 0.5) is 9.93 Å². The highest BCUT2D eigenvalue weighted by molar-refractivity contribution is 7.22. The second-order valence-corrected chi connectivity index (χ2v) is 6.30. The maximum Gasteiger partial charge on any atom is 0.321 e. The zero-order valence-electron chi connectivity index (χ0n) is 11.6. The highest BCUT2D eigenvalue weighted by Gasteiger charge is 2.14. The number of fused-ring (bicyclic) bond motifs is 1. The normalized spacial score (nSPS) is 12.4. The smallest absolute Gasteiger partial charge is 0.321 e. The minimum absolute atomic E-state index is 0.0193. The van der Waals surface area contributed by atoms with Gasteiger partial charge in [0.05, 0.1) is 10.2 Å². The van der Waals surface area contributed by atoms with Gasteiger partial charge in [0.2, 0.25) is 11.1 Å². The molecule has 2 amide bonds. The summed E-state index contributed by atoms with van der Waals surface area (Å²) in [6.07, 6.45) is 0. The Labute approximate surface area is 121 Å². The molecule has 1 heterocycles. The van der Waals surface area contributed by atoms with Gasteiger partial charge in [-0.3, -0.25) is 5.32 Å². The third-order valence-corrected chi connectivity index (χ3v) is 3.16. The topological polar surface area (TPSA) is 92.4 Å². The second-order valence-electron chi connectivity index (χ2n) is 5.29. The van der Waals surface area contributed by atoms with E-state index >= 15 is 0 Å². The molecule has 2 rings (SSSR count). The number of guanidine groups is 1. The van der Waals surface area contributed by atoms with Crippen molar-refractivity contribution >= 4 is 38.7 Å². The largest absolute Gasteiger partial charge is 0.369 e. The highest BCUT2D eigenvalue weighted by Crippen LogP contribution is 2.27. The third kappa shape index (κ3) is 3.92. The van der Waals surface area contributed by atoms with E-state index in [1.165, 1.54) is 11.3 Å². The first kappa shape index (κ1) is 14.3. The summed E-state index contributed by atoms with van der Waals surface area (Å²) in [5.74, 6) is 0.0193. The van der Waals surface area contributed by atoms with Crippen molar-refractivity contribution in [3.8, 4) is 0 Å². The van der Waals surface area contributed by atoms with Gasteiger partial charge < -0.3 is 11.1 Å². The number of urea groups is 1. The van der Waals surface area contributed by atoms with Crippen LogP contribution in [0.25, 0.3) is 10.2 Å². The number of rotatable bonds is 1. The number of thiazole rings is 1. The first-order valence-electron chi connectivity index (χ1n) is 6.12. The van der Waals surface area contributed by atoms with Crippen molar-refractivity contribution in [2.75, 3.05) is 0 Å². The molecule has 1 aromatic heterocycles. The van der Waals surface area contributed by atoms with Gasteiger partial charge in [0, 0.05) is 5.54 Å². The Balaban J connectivity index is 2.08. The summed E-state index contributed by atoms with van der Waals surface area (Å²) < 4.78 is 1.03. The average molecular weight is 291 g/mol. The van der Waals surface area contributed by atoms with Crippen LogP contribution in [0.1, 0.15) is 20.8 Å². The number of amides is 2.